The first-order valence-electron chi connectivity index (χ1n) is 15.5. The largest absolute Gasteiger partial charge is 0.378 e. The summed E-state index contributed by atoms with van der Waals surface area (Å²) in [6.07, 6.45) is 20.1. The van der Waals surface area contributed by atoms with Gasteiger partial charge in [0.15, 0.2) is 0 Å². The third-order valence-corrected chi connectivity index (χ3v) is 9.74. The second kappa shape index (κ2) is 13.1. The summed E-state index contributed by atoms with van der Waals surface area (Å²) >= 11 is 0. The molecule has 4 unspecified atom stereocenters. The van der Waals surface area contributed by atoms with Gasteiger partial charge < -0.3 is 25.3 Å². The van der Waals surface area contributed by atoms with Crippen LogP contribution in [-0.2, 0) is 16.6 Å². The van der Waals surface area contributed by atoms with E-state index in [9.17, 15) is 4.79 Å². The van der Waals surface area contributed by atoms with Crippen molar-refractivity contribution in [2.45, 2.75) is 139 Å². The van der Waals surface area contributed by atoms with Gasteiger partial charge in [-0.15, -0.1) is 0 Å². The van der Waals surface area contributed by atoms with E-state index in [4.69, 9.17) is 9.72 Å². The maximum absolute atomic E-state index is 13.5. The number of imidazole rings is 1. The van der Waals surface area contributed by atoms with Crippen molar-refractivity contribution in [1.82, 2.24) is 25.5 Å². The molecular formula is C30H51N5O2. The molecule has 5 rings (SSSR count). The van der Waals surface area contributed by atoms with Gasteiger partial charge in [0.1, 0.15) is 5.82 Å². The fourth-order valence-corrected chi connectivity index (χ4v) is 7.49. The van der Waals surface area contributed by atoms with Gasteiger partial charge in [-0.3, -0.25) is 4.79 Å². The second-order valence-electron chi connectivity index (χ2n) is 12.3. The predicted octanol–water partition coefficient (Wildman–Crippen LogP) is 4.87. The number of carbonyl (C=O) groups excluding carboxylic acids is 1. The molecule has 2 saturated heterocycles. The Labute approximate surface area is 224 Å². The number of fused-ring (bicyclic) bond motifs is 1. The molecule has 208 valence electrons. The minimum atomic E-state index is -0.0577. The van der Waals surface area contributed by atoms with Crippen molar-refractivity contribution in [2.75, 3.05) is 13.2 Å². The fraction of sp³-hybridized carbons (Fsp3) is 0.867. The van der Waals surface area contributed by atoms with Crippen molar-refractivity contribution >= 4 is 5.91 Å². The van der Waals surface area contributed by atoms with Crippen LogP contribution < -0.4 is 16.0 Å². The van der Waals surface area contributed by atoms with Crippen LogP contribution in [-0.4, -0.2) is 52.8 Å². The predicted molar refractivity (Wildman–Crippen MR) is 147 cm³/mol. The first-order valence-corrected chi connectivity index (χ1v) is 15.5. The second-order valence-corrected chi connectivity index (χ2v) is 12.3. The van der Waals surface area contributed by atoms with Crippen LogP contribution in [0.25, 0.3) is 0 Å². The van der Waals surface area contributed by atoms with Gasteiger partial charge >= 0.3 is 0 Å². The lowest BCUT2D eigenvalue weighted by Gasteiger charge is -2.30. The van der Waals surface area contributed by atoms with Crippen molar-refractivity contribution in [2.24, 2.45) is 13.0 Å². The number of unbranched alkanes of at least 4 members (excludes halogenated alkanes) is 1. The Kier molecular flexibility index (Phi) is 9.59. The number of hydrogen-bond donors (Lipinski definition) is 3. The summed E-state index contributed by atoms with van der Waals surface area (Å²) in [5.74, 6) is 2.39. The monoisotopic (exact) mass is 513 g/mol. The minimum absolute atomic E-state index is 0.0556. The molecule has 2 saturated carbocycles. The van der Waals surface area contributed by atoms with Crippen molar-refractivity contribution in [3.63, 3.8) is 0 Å². The topological polar surface area (TPSA) is 80.2 Å². The van der Waals surface area contributed by atoms with Crippen molar-refractivity contribution < 1.29 is 9.53 Å². The highest BCUT2D eigenvalue weighted by atomic mass is 16.5. The Balaban J connectivity index is 1.24. The van der Waals surface area contributed by atoms with Crippen LogP contribution in [0.4, 0.5) is 0 Å². The molecule has 2 aliphatic heterocycles. The Morgan fingerprint density at radius 2 is 1.95 bits per heavy atom. The fourth-order valence-electron chi connectivity index (χ4n) is 7.49. The highest BCUT2D eigenvalue weighted by Crippen LogP contribution is 2.36. The lowest BCUT2D eigenvalue weighted by molar-refractivity contribution is -0.123. The summed E-state index contributed by atoms with van der Waals surface area (Å²) in [5, 5.41) is 10.9. The van der Waals surface area contributed by atoms with E-state index >= 15 is 0 Å². The third-order valence-electron chi connectivity index (χ3n) is 9.74. The maximum Gasteiger partial charge on any atom is 0.237 e. The van der Waals surface area contributed by atoms with Crippen LogP contribution in [0.3, 0.4) is 0 Å². The number of nitrogens with zero attached hydrogens (tertiary/aromatic N) is 2. The number of piperidine rings is 1. The first kappa shape index (κ1) is 27.1. The van der Waals surface area contributed by atoms with Crippen LogP contribution in [0.2, 0.25) is 0 Å². The van der Waals surface area contributed by atoms with Gasteiger partial charge in [0.05, 0.1) is 18.2 Å². The molecule has 37 heavy (non-hydrogen) atoms. The van der Waals surface area contributed by atoms with E-state index in [-0.39, 0.29) is 18.0 Å². The standard InChI is InChI=1S/C30H51N5O2/c1-3-4-17-37-24-14-12-21(13-15-24)28-20-32-29(35(28)2)26(19-23-10-7-8-16-31-23)34-30(36)27-18-22-9-5-6-11-25(22)33-27/h20-27,31,33H,3-19H2,1-2H3,(H,34,36)/t21?,22?,23?,24?,25?,26-,27?/m0/s1. The Hall–Kier alpha value is -1.44. The molecule has 0 spiro atoms. The molecule has 4 aliphatic rings. The van der Waals surface area contributed by atoms with Crippen molar-refractivity contribution in [1.29, 1.82) is 0 Å². The van der Waals surface area contributed by atoms with Gasteiger partial charge in [-0.25, -0.2) is 4.98 Å². The van der Waals surface area contributed by atoms with Gasteiger partial charge in [-0.1, -0.05) is 32.6 Å². The summed E-state index contributed by atoms with van der Waals surface area (Å²) < 4.78 is 8.41. The van der Waals surface area contributed by atoms with E-state index in [0.717, 1.165) is 63.9 Å². The zero-order valence-corrected chi connectivity index (χ0v) is 23.4. The Morgan fingerprint density at radius 3 is 2.70 bits per heavy atom. The molecule has 2 aliphatic carbocycles. The number of amides is 1. The Morgan fingerprint density at radius 1 is 1.14 bits per heavy atom. The maximum atomic E-state index is 13.5. The smallest absolute Gasteiger partial charge is 0.237 e. The molecular weight excluding hydrogens is 462 g/mol. The van der Waals surface area contributed by atoms with Crippen LogP contribution in [0, 0.1) is 5.92 Å². The van der Waals surface area contributed by atoms with E-state index in [1.807, 2.05) is 0 Å². The van der Waals surface area contributed by atoms with Gasteiger partial charge in [-0.2, -0.15) is 0 Å². The molecule has 0 radical (unpaired) electrons. The van der Waals surface area contributed by atoms with E-state index in [0.29, 0.717) is 30.0 Å². The van der Waals surface area contributed by atoms with E-state index in [1.54, 1.807) is 0 Å². The van der Waals surface area contributed by atoms with Gasteiger partial charge in [-0.05, 0) is 83.1 Å². The summed E-state index contributed by atoms with van der Waals surface area (Å²) in [7, 11) is 2.16. The summed E-state index contributed by atoms with van der Waals surface area (Å²) in [6.45, 7) is 4.20. The van der Waals surface area contributed by atoms with Crippen LogP contribution in [0.1, 0.15) is 127 Å². The van der Waals surface area contributed by atoms with Crippen LogP contribution >= 0.6 is 0 Å². The molecule has 5 atom stereocenters. The molecule has 0 aromatic carbocycles. The highest BCUT2D eigenvalue weighted by Gasteiger charge is 2.39. The minimum Gasteiger partial charge on any atom is -0.378 e. The van der Waals surface area contributed by atoms with E-state index in [2.05, 4.69) is 40.7 Å². The lowest BCUT2D eigenvalue weighted by atomic mass is 9.85. The Bertz CT molecular complexity index is 844. The average molecular weight is 514 g/mol. The zero-order valence-electron chi connectivity index (χ0n) is 23.4. The normalized spacial score (nSPS) is 33.1. The summed E-state index contributed by atoms with van der Waals surface area (Å²) in [6, 6.07) is 0.857. The highest BCUT2D eigenvalue weighted by molar-refractivity contribution is 5.82. The third kappa shape index (κ3) is 6.77. The molecule has 4 fully saturated rings. The zero-order chi connectivity index (χ0) is 25.6. The molecule has 3 N–H and O–H groups in total. The van der Waals surface area contributed by atoms with Crippen LogP contribution in [0.15, 0.2) is 6.20 Å². The van der Waals surface area contributed by atoms with Gasteiger partial charge in [0.25, 0.3) is 0 Å². The molecule has 1 aromatic rings. The summed E-state index contributed by atoms with van der Waals surface area (Å²) in [5.41, 5.74) is 1.32. The van der Waals surface area contributed by atoms with Gasteiger partial charge in [0.2, 0.25) is 5.91 Å². The van der Waals surface area contributed by atoms with Crippen molar-refractivity contribution in [3.8, 4) is 0 Å². The molecule has 3 heterocycles. The first-order chi connectivity index (χ1) is 18.1. The number of nitrogens with one attached hydrogen (secondary N) is 3. The molecule has 0 bridgehead atoms. The molecule has 7 nitrogen and oxygen atoms in total. The van der Waals surface area contributed by atoms with Crippen LogP contribution in [0.5, 0.6) is 0 Å². The molecule has 7 heteroatoms. The number of rotatable bonds is 10. The quantitative estimate of drug-likeness (QED) is 0.389. The number of carbonyl (C=O) groups is 1. The molecule has 1 aromatic heterocycles. The van der Waals surface area contributed by atoms with E-state index in [1.165, 1.54) is 57.1 Å². The lowest BCUT2D eigenvalue weighted by Crippen LogP contribution is -2.46. The SMILES string of the molecule is CCCCOC1CCC(c2cnc([C@H](CC3CCCCN3)NC(=O)C3CC4CCCCC4N3)n2C)CC1. The molecule has 1 amide bonds. The van der Waals surface area contributed by atoms with Crippen molar-refractivity contribution in [3.05, 3.63) is 17.7 Å². The number of hydrogen-bond acceptors (Lipinski definition) is 5. The number of ether oxygens (including phenoxy) is 1. The number of aromatic nitrogens is 2. The van der Waals surface area contributed by atoms with E-state index < -0.39 is 0 Å². The summed E-state index contributed by atoms with van der Waals surface area (Å²) in [4.78, 5) is 18.5. The average Bonchev–Trinajstić information content (AvgIpc) is 3.53. The van der Waals surface area contributed by atoms with Gasteiger partial charge in [0, 0.05) is 43.5 Å².